The highest BCUT2D eigenvalue weighted by Gasteiger charge is 2.61. The van der Waals surface area contributed by atoms with Crippen LogP contribution in [0, 0.1) is 16.7 Å². The van der Waals surface area contributed by atoms with Crippen LogP contribution in [0.1, 0.15) is 71.6 Å². The summed E-state index contributed by atoms with van der Waals surface area (Å²) >= 11 is 0. The Balaban J connectivity index is 1.59. The second kappa shape index (κ2) is 3.60. The van der Waals surface area contributed by atoms with E-state index >= 15 is 0 Å². The van der Waals surface area contributed by atoms with E-state index in [2.05, 4.69) is 19.2 Å². The van der Waals surface area contributed by atoms with Gasteiger partial charge in [0.05, 0.1) is 5.54 Å². The van der Waals surface area contributed by atoms with E-state index in [0.717, 1.165) is 25.2 Å². The Kier molecular flexibility index (Phi) is 2.36. The van der Waals surface area contributed by atoms with E-state index in [9.17, 15) is 4.79 Å². The summed E-state index contributed by atoms with van der Waals surface area (Å²) in [5, 5.41) is 3.45. The fourth-order valence-corrected chi connectivity index (χ4v) is 6.74. The Morgan fingerprint density at radius 2 is 1.65 bits per heavy atom. The van der Waals surface area contributed by atoms with Crippen molar-refractivity contribution in [2.24, 2.45) is 22.5 Å². The Morgan fingerprint density at radius 3 is 2.10 bits per heavy atom. The lowest BCUT2D eigenvalue weighted by Crippen LogP contribution is -2.69. The predicted molar refractivity (Wildman–Crippen MR) is 79.0 cm³/mol. The summed E-state index contributed by atoms with van der Waals surface area (Å²) in [5.74, 6) is 0.953. The molecule has 0 aromatic heterocycles. The van der Waals surface area contributed by atoms with Gasteiger partial charge in [0.15, 0.2) is 0 Å². The SMILES string of the molecule is CC12CC3CC(C)(C1)CC(NC(=O)C1(N)CCC1)(C3)C2. The zero-order valence-electron chi connectivity index (χ0n) is 12.9. The molecular formula is C17H28N2O. The summed E-state index contributed by atoms with van der Waals surface area (Å²) in [5.41, 5.74) is 6.63. The maximum absolute atomic E-state index is 12.6. The second-order valence-corrected chi connectivity index (χ2v) is 9.37. The van der Waals surface area contributed by atoms with Gasteiger partial charge in [-0.25, -0.2) is 0 Å². The molecule has 0 aromatic carbocycles. The van der Waals surface area contributed by atoms with E-state index in [1.165, 1.54) is 38.5 Å². The van der Waals surface area contributed by atoms with Crippen molar-refractivity contribution in [3.63, 3.8) is 0 Å². The Bertz CT molecular complexity index is 450. The van der Waals surface area contributed by atoms with E-state index in [0.29, 0.717) is 10.8 Å². The third-order valence-corrected chi connectivity index (χ3v) is 6.70. The number of nitrogens with one attached hydrogen (secondary N) is 1. The highest BCUT2D eigenvalue weighted by atomic mass is 16.2. The van der Waals surface area contributed by atoms with Gasteiger partial charge in [0, 0.05) is 5.54 Å². The number of amides is 1. The van der Waals surface area contributed by atoms with Gasteiger partial charge in [-0.15, -0.1) is 0 Å². The molecule has 0 heterocycles. The maximum atomic E-state index is 12.6. The summed E-state index contributed by atoms with van der Waals surface area (Å²) < 4.78 is 0. The molecule has 5 rings (SSSR count). The molecule has 3 N–H and O–H groups in total. The summed E-state index contributed by atoms with van der Waals surface area (Å²) in [6.45, 7) is 4.89. The normalized spacial score (nSPS) is 51.6. The van der Waals surface area contributed by atoms with E-state index in [1.54, 1.807) is 0 Å². The number of nitrogens with two attached hydrogens (primary N) is 1. The first-order chi connectivity index (χ1) is 9.24. The third-order valence-electron chi connectivity index (χ3n) is 6.70. The van der Waals surface area contributed by atoms with Crippen molar-refractivity contribution < 1.29 is 4.79 Å². The molecule has 112 valence electrons. The quantitative estimate of drug-likeness (QED) is 0.815. The van der Waals surface area contributed by atoms with Crippen molar-refractivity contribution in [1.82, 2.24) is 5.32 Å². The van der Waals surface area contributed by atoms with Crippen LogP contribution < -0.4 is 11.1 Å². The van der Waals surface area contributed by atoms with Crippen molar-refractivity contribution >= 4 is 5.91 Å². The summed E-state index contributed by atoms with van der Waals surface area (Å²) in [7, 11) is 0. The molecule has 5 fully saturated rings. The van der Waals surface area contributed by atoms with Crippen LogP contribution in [0.5, 0.6) is 0 Å². The second-order valence-electron chi connectivity index (χ2n) is 9.37. The molecule has 5 aliphatic carbocycles. The first-order valence-electron chi connectivity index (χ1n) is 8.36. The molecule has 5 aliphatic rings. The lowest BCUT2D eigenvalue weighted by Gasteiger charge is -2.65. The van der Waals surface area contributed by atoms with E-state index in [4.69, 9.17) is 5.73 Å². The van der Waals surface area contributed by atoms with Gasteiger partial charge in [-0.05, 0) is 74.5 Å². The average Bonchev–Trinajstić information content (AvgIpc) is 2.19. The van der Waals surface area contributed by atoms with Crippen molar-refractivity contribution in [3.8, 4) is 0 Å². The monoisotopic (exact) mass is 276 g/mol. The number of hydrogen-bond donors (Lipinski definition) is 2. The Labute approximate surface area is 122 Å². The minimum Gasteiger partial charge on any atom is -0.349 e. The molecule has 0 spiro atoms. The van der Waals surface area contributed by atoms with Crippen LogP contribution in [0.15, 0.2) is 0 Å². The minimum atomic E-state index is -0.550. The first-order valence-corrected chi connectivity index (χ1v) is 8.36. The Hall–Kier alpha value is -0.570. The van der Waals surface area contributed by atoms with Crippen LogP contribution in [0.4, 0.5) is 0 Å². The van der Waals surface area contributed by atoms with E-state index in [1.807, 2.05) is 0 Å². The molecule has 3 heteroatoms. The fourth-order valence-electron chi connectivity index (χ4n) is 6.74. The molecular weight excluding hydrogens is 248 g/mol. The molecule has 20 heavy (non-hydrogen) atoms. The highest BCUT2D eigenvalue weighted by molar-refractivity contribution is 5.87. The molecule has 2 unspecified atom stereocenters. The summed E-state index contributed by atoms with van der Waals surface area (Å²) in [6.07, 6.45) is 10.5. The molecule has 0 aliphatic heterocycles. The molecule has 0 radical (unpaired) electrons. The average molecular weight is 276 g/mol. The molecule has 4 bridgehead atoms. The van der Waals surface area contributed by atoms with Crippen molar-refractivity contribution in [3.05, 3.63) is 0 Å². The topological polar surface area (TPSA) is 55.1 Å². The molecule has 3 nitrogen and oxygen atoms in total. The highest BCUT2D eigenvalue weighted by Crippen LogP contribution is 2.66. The van der Waals surface area contributed by atoms with Gasteiger partial charge >= 0.3 is 0 Å². The van der Waals surface area contributed by atoms with Crippen molar-refractivity contribution in [1.29, 1.82) is 0 Å². The van der Waals surface area contributed by atoms with Crippen LogP contribution in [0.2, 0.25) is 0 Å². The first kappa shape index (κ1) is 13.1. The molecule has 2 atom stereocenters. The largest absolute Gasteiger partial charge is 0.349 e. The van der Waals surface area contributed by atoms with Gasteiger partial charge < -0.3 is 11.1 Å². The molecule has 0 aromatic rings. The smallest absolute Gasteiger partial charge is 0.240 e. The van der Waals surface area contributed by atoms with Gasteiger partial charge in [-0.2, -0.15) is 0 Å². The van der Waals surface area contributed by atoms with Crippen LogP contribution >= 0.6 is 0 Å². The van der Waals surface area contributed by atoms with Crippen molar-refractivity contribution in [2.75, 3.05) is 0 Å². The van der Waals surface area contributed by atoms with Gasteiger partial charge in [-0.1, -0.05) is 13.8 Å². The lowest BCUT2D eigenvalue weighted by atomic mass is 9.42. The minimum absolute atomic E-state index is 0.0575. The summed E-state index contributed by atoms with van der Waals surface area (Å²) in [6, 6.07) is 0. The van der Waals surface area contributed by atoms with Gasteiger partial charge in [0.1, 0.15) is 0 Å². The van der Waals surface area contributed by atoms with E-state index in [-0.39, 0.29) is 11.4 Å². The van der Waals surface area contributed by atoms with Gasteiger partial charge in [-0.3, -0.25) is 4.79 Å². The number of carbonyl (C=O) groups is 1. The van der Waals surface area contributed by atoms with Crippen LogP contribution in [0.3, 0.4) is 0 Å². The predicted octanol–water partition coefficient (Wildman–Crippen LogP) is 2.73. The van der Waals surface area contributed by atoms with Crippen LogP contribution in [-0.2, 0) is 4.79 Å². The zero-order chi connectivity index (χ0) is 14.2. The van der Waals surface area contributed by atoms with Gasteiger partial charge in [0.25, 0.3) is 0 Å². The lowest BCUT2D eigenvalue weighted by molar-refractivity contribution is -0.146. The van der Waals surface area contributed by atoms with Gasteiger partial charge in [0.2, 0.25) is 5.91 Å². The Morgan fingerprint density at radius 1 is 1.05 bits per heavy atom. The number of hydrogen-bond acceptors (Lipinski definition) is 2. The molecule has 5 saturated carbocycles. The summed E-state index contributed by atoms with van der Waals surface area (Å²) in [4.78, 5) is 12.6. The third kappa shape index (κ3) is 1.78. The van der Waals surface area contributed by atoms with E-state index < -0.39 is 5.54 Å². The zero-order valence-corrected chi connectivity index (χ0v) is 12.9. The molecule has 0 saturated heterocycles. The van der Waals surface area contributed by atoms with Crippen LogP contribution in [0.25, 0.3) is 0 Å². The molecule has 1 amide bonds. The maximum Gasteiger partial charge on any atom is 0.240 e. The fraction of sp³-hybridized carbons (Fsp3) is 0.941. The number of carbonyl (C=O) groups excluding carboxylic acids is 1. The van der Waals surface area contributed by atoms with Crippen molar-refractivity contribution in [2.45, 2.75) is 82.7 Å². The van der Waals surface area contributed by atoms with Crippen LogP contribution in [-0.4, -0.2) is 17.0 Å². The standard InChI is InChI=1S/C17H28N2O/c1-14-6-12-7-15(2,9-14)11-16(8-12,10-14)19-13(20)17(18)4-3-5-17/h12H,3-11,18H2,1-2H3,(H,19,20). The number of rotatable bonds is 2.